The lowest BCUT2D eigenvalue weighted by atomic mass is 10.2. The van der Waals surface area contributed by atoms with E-state index in [0.29, 0.717) is 11.3 Å². The summed E-state index contributed by atoms with van der Waals surface area (Å²) in [6.45, 7) is 0. The van der Waals surface area contributed by atoms with Crippen molar-refractivity contribution >= 4 is 35.1 Å². The van der Waals surface area contributed by atoms with Crippen LogP contribution in [0.1, 0.15) is 28.1 Å². The van der Waals surface area contributed by atoms with Crippen LogP contribution >= 0.6 is 11.3 Å². The van der Waals surface area contributed by atoms with Crippen molar-refractivity contribution in [3.05, 3.63) is 52.2 Å². The molecule has 5 nitrogen and oxygen atoms in total. The lowest BCUT2D eigenvalue weighted by Crippen LogP contribution is -2.18. The summed E-state index contributed by atoms with van der Waals surface area (Å²) in [5.74, 6) is -0.0693. The Morgan fingerprint density at radius 1 is 1.18 bits per heavy atom. The van der Waals surface area contributed by atoms with Crippen molar-refractivity contribution in [1.82, 2.24) is 5.43 Å². The summed E-state index contributed by atoms with van der Waals surface area (Å²) in [5, 5.41) is 8.68. The highest BCUT2D eigenvalue weighted by Crippen LogP contribution is 2.30. The quantitative estimate of drug-likeness (QED) is 0.658. The summed E-state index contributed by atoms with van der Waals surface area (Å²) in [6, 6.07) is 10.6. The summed E-state index contributed by atoms with van der Waals surface area (Å²) < 4.78 is 0. The topological polar surface area (TPSA) is 70.6 Å². The highest BCUT2D eigenvalue weighted by Gasteiger charge is 2.29. The minimum Gasteiger partial charge on any atom is -0.326 e. The van der Waals surface area contributed by atoms with E-state index in [2.05, 4.69) is 15.8 Å². The molecule has 1 aromatic carbocycles. The molecule has 2 aromatic rings. The number of nitrogens with zero attached hydrogens (tertiary/aromatic N) is 1. The van der Waals surface area contributed by atoms with E-state index >= 15 is 0 Å². The zero-order valence-electron chi connectivity index (χ0n) is 11.8. The minimum absolute atomic E-state index is 0.0535. The number of rotatable bonds is 5. The predicted octanol–water partition coefficient (Wildman–Crippen LogP) is 2.86. The third-order valence-electron chi connectivity index (χ3n) is 3.26. The largest absolute Gasteiger partial charge is 0.326 e. The van der Waals surface area contributed by atoms with Gasteiger partial charge in [0.15, 0.2) is 0 Å². The van der Waals surface area contributed by atoms with Crippen molar-refractivity contribution in [3.8, 4) is 0 Å². The summed E-state index contributed by atoms with van der Waals surface area (Å²) in [6.07, 6.45) is 3.54. The van der Waals surface area contributed by atoms with Gasteiger partial charge in [-0.05, 0) is 48.6 Å². The van der Waals surface area contributed by atoms with Gasteiger partial charge in [0.1, 0.15) is 0 Å². The van der Waals surface area contributed by atoms with Crippen LogP contribution in [0.3, 0.4) is 0 Å². The molecule has 112 valence electrons. The summed E-state index contributed by atoms with van der Waals surface area (Å²) >= 11 is 1.54. The van der Waals surface area contributed by atoms with E-state index in [-0.39, 0.29) is 17.7 Å². The highest BCUT2D eigenvalue weighted by molar-refractivity contribution is 7.11. The van der Waals surface area contributed by atoms with E-state index in [9.17, 15) is 9.59 Å². The number of hydrogen-bond acceptors (Lipinski definition) is 4. The van der Waals surface area contributed by atoms with Gasteiger partial charge in [0.2, 0.25) is 5.91 Å². The molecule has 3 rings (SSSR count). The summed E-state index contributed by atoms with van der Waals surface area (Å²) in [7, 11) is 0. The number of anilines is 1. The Balaban J connectivity index is 1.55. The van der Waals surface area contributed by atoms with Crippen LogP contribution < -0.4 is 10.7 Å². The van der Waals surface area contributed by atoms with E-state index in [1.165, 1.54) is 0 Å². The number of hydrogen-bond donors (Lipinski definition) is 2. The Morgan fingerprint density at radius 2 is 1.95 bits per heavy atom. The van der Waals surface area contributed by atoms with Crippen molar-refractivity contribution in [2.75, 3.05) is 5.32 Å². The Bertz CT molecular complexity index is 689. The fraction of sp³-hybridized carbons (Fsp3) is 0.188. The van der Waals surface area contributed by atoms with Crippen LogP contribution in [0.15, 0.2) is 46.9 Å². The first-order valence-corrected chi connectivity index (χ1v) is 7.88. The van der Waals surface area contributed by atoms with Gasteiger partial charge in [-0.3, -0.25) is 9.59 Å². The van der Waals surface area contributed by atoms with Gasteiger partial charge in [0.05, 0.1) is 6.21 Å². The van der Waals surface area contributed by atoms with Crippen molar-refractivity contribution < 1.29 is 9.59 Å². The molecule has 1 heterocycles. The van der Waals surface area contributed by atoms with Crippen LogP contribution in [-0.4, -0.2) is 18.0 Å². The number of hydrazone groups is 1. The molecule has 6 heteroatoms. The molecule has 22 heavy (non-hydrogen) atoms. The highest BCUT2D eigenvalue weighted by atomic mass is 32.1. The molecule has 0 unspecified atom stereocenters. The molecule has 0 atom stereocenters. The Hall–Kier alpha value is -2.47. The summed E-state index contributed by atoms with van der Waals surface area (Å²) in [5.41, 5.74) is 3.67. The molecule has 2 N–H and O–H groups in total. The number of carbonyl (C=O) groups is 2. The number of benzene rings is 1. The molecular formula is C16H15N3O2S. The number of amides is 2. The first kappa shape index (κ1) is 14.5. The molecule has 0 spiro atoms. The van der Waals surface area contributed by atoms with Crippen molar-refractivity contribution in [3.63, 3.8) is 0 Å². The maximum atomic E-state index is 11.9. The van der Waals surface area contributed by atoms with Crippen LogP contribution in [0.4, 0.5) is 5.69 Å². The fourth-order valence-corrected chi connectivity index (χ4v) is 2.46. The van der Waals surface area contributed by atoms with Crippen molar-refractivity contribution in [2.24, 2.45) is 11.0 Å². The average Bonchev–Trinajstić information content (AvgIpc) is 3.26. The van der Waals surface area contributed by atoms with E-state index in [0.717, 1.165) is 17.7 Å². The zero-order chi connectivity index (χ0) is 15.4. The first-order chi connectivity index (χ1) is 10.7. The monoisotopic (exact) mass is 313 g/mol. The summed E-state index contributed by atoms with van der Waals surface area (Å²) in [4.78, 5) is 24.5. The van der Waals surface area contributed by atoms with Crippen LogP contribution in [0.25, 0.3) is 0 Å². The molecule has 1 fully saturated rings. The predicted molar refractivity (Wildman–Crippen MR) is 87.2 cm³/mol. The molecule has 1 aliphatic rings. The number of carbonyl (C=O) groups excluding carboxylic acids is 2. The smallest absolute Gasteiger partial charge is 0.271 e. The Morgan fingerprint density at radius 3 is 2.59 bits per heavy atom. The molecule has 1 aromatic heterocycles. The number of nitrogens with one attached hydrogen (secondary N) is 2. The minimum atomic E-state index is -0.284. The molecule has 1 aliphatic carbocycles. The SMILES string of the molecule is O=C(NN=Cc1cccs1)c1ccc(NC(=O)C2CC2)cc1. The maximum Gasteiger partial charge on any atom is 0.271 e. The molecule has 1 saturated carbocycles. The van der Waals surface area contributed by atoms with Gasteiger partial charge < -0.3 is 5.32 Å². The van der Waals surface area contributed by atoms with Gasteiger partial charge in [-0.15, -0.1) is 11.3 Å². The van der Waals surface area contributed by atoms with Crippen molar-refractivity contribution in [1.29, 1.82) is 0 Å². The van der Waals surface area contributed by atoms with Gasteiger partial charge >= 0.3 is 0 Å². The van der Waals surface area contributed by atoms with Crippen LogP contribution in [0, 0.1) is 5.92 Å². The van der Waals surface area contributed by atoms with Gasteiger partial charge in [0.25, 0.3) is 5.91 Å². The van der Waals surface area contributed by atoms with Gasteiger partial charge in [-0.25, -0.2) is 5.43 Å². The second kappa shape index (κ2) is 6.53. The number of thiophene rings is 1. The average molecular weight is 313 g/mol. The third-order valence-corrected chi connectivity index (χ3v) is 4.07. The Labute approximate surface area is 132 Å². The molecule has 2 amide bonds. The third kappa shape index (κ3) is 3.79. The Kier molecular flexibility index (Phi) is 4.29. The zero-order valence-corrected chi connectivity index (χ0v) is 12.6. The van der Waals surface area contributed by atoms with Crippen LogP contribution in [-0.2, 0) is 4.79 Å². The normalized spacial score (nSPS) is 14.0. The second-order valence-corrected chi connectivity index (χ2v) is 6.03. The fourth-order valence-electron chi connectivity index (χ4n) is 1.88. The first-order valence-electron chi connectivity index (χ1n) is 7.00. The van der Waals surface area contributed by atoms with Crippen LogP contribution in [0.2, 0.25) is 0 Å². The van der Waals surface area contributed by atoms with Gasteiger partial charge in [-0.2, -0.15) is 5.10 Å². The van der Waals surface area contributed by atoms with Gasteiger partial charge in [0, 0.05) is 22.0 Å². The molecule has 0 aliphatic heterocycles. The van der Waals surface area contributed by atoms with E-state index in [1.54, 1.807) is 41.8 Å². The molecule has 0 saturated heterocycles. The van der Waals surface area contributed by atoms with E-state index in [4.69, 9.17) is 0 Å². The van der Waals surface area contributed by atoms with Crippen molar-refractivity contribution in [2.45, 2.75) is 12.8 Å². The molecule has 0 bridgehead atoms. The lowest BCUT2D eigenvalue weighted by molar-refractivity contribution is -0.117. The van der Waals surface area contributed by atoms with E-state index in [1.807, 2.05) is 17.5 Å². The second-order valence-electron chi connectivity index (χ2n) is 5.06. The maximum absolute atomic E-state index is 11.9. The van der Waals surface area contributed by atoms with E-state index < -0.39 is 0 Å². The van der Waals surface area contributed by atoms with Gasteiger partial charge in [-0.1, -0.05) is 6.07 Å². The lowest BCUT2D eigenvalue weighted by Gasteiger charge is -2.05. The molecular weight excluding hydrogens is 298 g/mol. The van der Waals surface area contributed by atoms with Crippen LogP contribution in [0.5, 0.6) is 0 Å². The molecule has 0 radical (unpaired) electrons. The standard InChI is InChI=1S/C16H15N3O2S/c20-15(11-3-4-11)18-13-7-5-12(6-8-13)16(21)19-17-10-14-2-1-9-22-14/h1-2,5-11H,3-4H2,(H,18,20)(H,19,21).